The van der Waals surface area contributed by atoms with Gasteiger partial charge < -0.3 is 4.90 Å². The van der Waals surface area contributed by atoms with Crippen molar-refractivity contribution in [2.45, 2.75) is 11.3 Å². The van der Waals surface area contributed by atoms with Gasteiger partial charge in [0.1, 0.15) is 0 Å². The summed E-state index contributed by atoms with van der Waals surface area (Å²) in [5, 5.41) is 10.6. The number of piperazine rings is 1. The van der Waals surface area contributed by atoms with E-state index in [2.05, 4.69) is 19.6 Å². The first-order valence-corrected chi connectivity index (χ1v) is 12.2. The average molecular weight is 471 g/mol. The molecule has 10 nitrogen and oxygen atoms in total. The molecule has 1 aliphatic heterocycles. The van der Waals surface area contributed by atoms with E-state index in [9.17, 15) is 13.2 Å². The molecule has 0 atom stereocenters. The lowest BCUT2D eigenvalue weighted by molar-refractivity contribution is 0.0705. The Kier molecular flexibility index (Phi) is 7.14. The maximum Gasteiger partial charge on any atom is 0.277 e. The first-order valence-electron chi connectivity index (χ1n) is 10.7. The Morgan fingerprint density at radius 2 is 1.70 bits per heavy atom. The summed E-state index contributed by atoms with van der Waals surface area (Å²) >= 11 is 0. The molecule has 0 radical (unpaired) electrons. The highest BCUT2D eigenvalue weighted by Crippen LogP contribution is 2.19. The van der Waals surface area contributed by atoms with Crippen LogP contribution in [0, 0.1) is 0 Å². The number of sulfonamides is 1. The van der Waals surface area contributed by atoms with Gasteiger partial charge >= 0.3 is 0 Å². The van der Waals surface area contributed by atoms with Gasteiger partial charge in [-0.1, -0.05) is 30.3 Å². The van der Waals surface area contributed by atoms with Crippen molar-refractivity contribution in [2.75, 3.05) is 44.2 Å². The summed E-state index contributed by atoms with van der Waals surface area (Å²) in [5.41, 5.74) is 1.74. The SMILES string of the molecule is O=C(NO)c1cnc(N2CCN(CCCNS(=O)(=O)c3ccc4ccccc4c3)CC2)nc1. The van der Waals surface area contributed by atoms with E-state index in [0.29, 0.717) is 18.9 Å². The lowest BCUT2D eigenvalue weighted by atomic mass is 10.1. The van der Waals surface area contributed by atoms with Crippen LogP contribution in [0.15, 0.2) is 59.8 Å². The summed E-state index contributed by atoms with van der Waals surface area (Å²) in [5.74, 6) is -0.116. The molecule has 1 saturated heterocycles. The number of nitrogens with zero attached hydrogens (tertiary/aromatic N) is 4. The third-order valence-electron chi connectivity index (χ3n) is 5.63. The maximum atomic E-state index is 12.6. The van der Waals surface area contributed by atoms with E-state index >= 15 is 0 Å². The van der Waals surface area contributed by atoms with Crippen LogP contribution >= 0.6 is 0 Å². The third-order valence-corrected chi connectivity index (χ3v) is 7.09. The zero-order valence-electron chi connectivity index (χ0n) is 18.0. The number of hydrogen-bond acceptors (Lipinski definition) is 8. The van der Waals surface area contributed by atoms with Gasteiger partial charge in [-0.3, -0.25) is 14.9 Å². The van der Waals surface area contributed by atoms with Gasteiger partial charge in [-0.25, -0.2) is 28.6 Å². The summed E-state index contributed by atoms with van der Waals surface area (Å²) in [7, 11) is -3.55. The number of anilines is 1. The Hall–Kier alpha value is -3.12. The molecule has 174 valence electrons. The largest absolute Gasteiger partial charge is 0.338 e. The van der Waals surface area contributed by atoms with Crippen LogP contribution < -0.4 is 15.1 Å². The van der Waals surface area contributed by atoms with Gasteiger partial charge in [0.2, 0.25) is 16.0 Å². The Balaban J connectivity index is 1.22. The molecule has 1 aliphatic rings. The van der Waals surface area contributed by atoms with Crippen molar-refractivity contribution in [2.24, 2.45) is 0 Å². The lowest BCUT2D eigenvalue weighted by Gasteiger charge is -2.34. The van der Waals surface area contributed by atoms with Crippen LogP contribution in [-0.2, 0) is 10.0 Å². The molecule has 33 heavy (non-hydrogen) atoms. The van der Waals surface area contributed by atoms with Gasteiger partial charge in [-0.05, 0) is 35.9 Å². The number of benzene rings is 2. The third kappa shape index (κ3) is 5.63. The van der Waals surface area contributed by atoms with Crippen LogP contribution in [-0.4, -0.2) is 73.7 Å². The second-order valence-electron chi connectivity index (χ2n) is 7.80. The quantitative estimate of drug-likeness (QED) is 0.255. The molecule has 0 unspecified atom stereocenters. The number of amides is 1. The number of fused-ring (bicyclic) bond motifs is 1. The van der Waals surface area contributed by atoms with Gasteiger partial charge in [-0.15, -0.1) is 0 Å². The van der Waals surface area contributed by atoms with E-state index in [-0.39, 0.29) is 10.5 Å². The van der Waals surface area contributed by atoms with Crippen LogP contribution in [0.3, 0.4) is 0 Å². The highest BCUT2D eigenvalue weighted by atomic mass is 32.2. The van der Waals surface area contributed by atoms with Gasteiger partial charge in [0.15, 0.2) is 0 Å². The standard InChI is InChI=1S/C22H26N6O4S/c29-21(26-30)19-15-23-22(24-16-19)28-12-10-27(11-13-28)9-3-8-25-33(31,32)20-7-6-17-4-1-2-5-18(17)14-20/h1-2,4-7,14-16,25,30H,3,8-13H2,(H,26,29). The number of hydroxylamine groups is 1. The van der Waals surface area contributed by atoms with Crippen molar-refractivity contribution in [3.63, 3.8) is 0 Å². The average Bonchev–Trinajstić information content (AvgIpc) is 2.86. The van der Waals surface area contributed by atoms with Crippen molar-refractivity contribution < 1.29 is 18.4 Å². The molecule has 1 amide bonds. The fraction of sp³-hybridized carbons (Fsp3) is 0.318. The van der Waals surface area contributed by atoms with E-state index in [4.69, 9.17) is 5.21 Å². The monoisotopic (exact) mass is 470 g/mol. The van der Waals surface area contributed by atoms with Gasteiger partial charge in [-0.2, -0.15) is 0 Å². The Bertz CT molecular complexity index is 1210. The fourth-order valence-corrected chi connectivity index (χ4v) is 4.87. The minimum absolute atomic E-state index is 0.186. The highest BCUT2D eigenvalue weighted by molar-refractivity contribution is 7.89. The molecule has 0 saturated carbocycles. The summed E-state index contributed by atoms with van der Waals surface area (Å²) in [6.45, 7) is 4.22. The molecule has 3 N–H and O–H groups in total. The minimum atomic E-state index is -3.55. The lowest BCUT2D eigenvalue weighted by Crippen LogP contribution is -2.47. The topological polar surface area (TPSA) is 128 Å². The second kappa shape index (κ2) is 10.2. The van der Waals surface area contributed by atoms with E-state index in [1.165, 1.54) is 12.4 Å². The van der Waals surface area contributed by atoms with Gasteiger partial charge in [0.05, 0.1) is 10.5 Å². The Labute approximate surface area is 192 Å². The molecule has 4 rings (SSSR count). The van der Waals surface area contributed by atoms with Crippen molar-refractivity contribution in [1.29, 1.82) is 0 Å². The first-order chi connectivity index (χ1) is 16.0. The predicted molar refractivity (Wildman–Crippen MR) is 124 cm³/mol. The zero-order valence-corrected chi connectivity index (χ0v) is 18.8. The van der Waals surface area contributed by atoms with Crippen molar-refractivity contribution in [3.05, 3.63) is 60.4 Å². The second-order valence-corrected chi connectivity index (χ2v) is 9.57. The van der Waals surface area contributed by atoms with E-state index < -0.39 is 15.9 Å². The van der Waals surface area contributed by atoms with Crippen molar-refractivity contribution in [1.82, 2.24) is 25.1 Å². The molecule has 2 aromatic carbocycles. The molecular weight excluding hydrogens is 444 g/mol. The number of carbonyl (C=O) groups is 1. The molecular formula is C22H26N6O4S. The Morgan fingerprint density at radius 3 is 2.39 bits per heavy atom. The number of hydrogen-bond donors (Lipinski definition) is 3. The predicted octanol–water partition coefficient (Wildman–Crippen LogP) is 1.24. The minimum Gasteiger partial charge on any atom is -0.338 e. The molecule has 0 spiro atoms. The van der Waals surface area contributed by atoms with Crippen molar-refractivity contribution >= 4 is 32.7 Å². The summed E-state index contributed by atoms with van der Waals surface area (Å²) < 4.78 is 28.0. The van der Waals surface area contributed by atoms with Crippen molar-refractivity contribution in [3.8, 4) is 0 Å². The molecule has 0 bridgehead atoms. The molecule has 11 heteroatoms. The van der Waals surface area contributed by atoms with E-state index in [1.54, 1.807) is 17.6 Å². The highest BCUT2D eigenvalue weighted by Gasteiger charge is 2.20. The molecule has 1 fully saturated rings. The molecule has 0 aliphatic carbocycles. The summed E-state index contributed by atoms with van der Waals surface area (Å²) in [6, 6.07) is 12.8. The normalized spacial score (nSPS) is 15.0. The maximum absolute atomic E-state index is 12.6. The molecule has 2 heterocycles. The van der Waals surface area contributed by atoms with Gasteiger partial charge in [0, 0.05) is 45.1 Å². The summed E-state index contributed by atoms with van der Waals surface area (Å²) in [4.78, 5) is 24.3. The number of nitrogens with one attached hydrogen (secondary N) is 2. The van der Waals surface area contributed by atoms with Crippen LogP contribution in [0.1, 0.15) is 16.8 Å². The van der Waals surface area contributed by atoms with E-state index in [0.717, 1.165) is 43.5 Å². The summed E-state index contributed by atoms with van der Waals surface area (Å²) in [6.07, 6.45) is 3.46. The van der Waals surface area contributed by atoms with E-state index in [1.807, 2.05) is 35.2 Å². The Morgan fingerprint density at radius 1 is 1.00 bits per heavy atom. The van der Waals surface area contributed by atoms with Crippen LogP contribution in [0.2, 0.25) is 0 Å². The fourth-order valence-electron chi connectivity index (χ4n) is 3.76. The van der Waals surface area contributed by atoms with Gasteiger partial charge in [0.25, 0.3) is 5.91 Å². The number of aromatic nitrogens is 2. The van der Waals surface area contributed by atoms with Crippen LogP contribution in [0.4, 0.5) is 5.95 Å². The molecule has 3 aromatic rings. The zero-order chi connectivity index (χ0) is 23.3. The first kappa shape index (κ1) is 23.1. The number of carbonyl (C=O) groups excluding carboxylic acids is 1. The van der Waals surface area contributed by atoms with Crippen LogP contribution in [0.5, 0.6) is 0 Å². The molecule has 1 aromatic heterocycles. The van der Waals surface area contributed by atoms with Crippen LogP contribution in [0.25, 0.3) is 10.8 Å². The number of rotatable bonds is 8. The smallest absolute Gasteiger partial charge is 0.277 e.